The molecule has 2 N–H and O–H groups in total. The molecule has 0 saturated heterocycles. The van der Waals surface area contributed by atoms with E-state index in [0.29, 0.717) is 22.5 Å². The molecule has 0 radical (unpaired) electrons. The third-order valence-corrected chi connectivity index (χ3v) is 3.90. The van der Waals surface area contributed by atoms with Gasteiger partial charge < -0.3 is 15.4 Å². The van der Waals surface area contributed by atoms with Gasteiger partial charge in [0.05, 0.1) is 6.10 Å². The van der Waals surface area contributed by atoms with Crippen LogP contribution in [-0.4, -0.2) is 17.9 Å². The normalized spacial score (nSPS) is 10.4. The minimum Gasteiger partial charge on any atom is -0.491 e. The van der Waals surface area contributed by atoms with Crippen LogP contribution >= 0.6 is 0 Å². The number of amides is 2. The van der Waals surface area contributed by atoms with Gasteiger partial charge >= 0.3 is 0 Å². The number of rotatable bonds is 6. The van der Waals surface area contributed by atoms with Crippen LogP contribution in [-0.2, 0) is 0 Å². The summed E-state index contributed by atoms with van der Waals surface area (Å²) >= 11 is 0. The van der Waals surface area contributed by atoms with Crippen LogP contribution in [0.3, 0.4) is 0 Å². The first-order chi connectivity index (χ1) is 13.5. The molecule has 5 nitrogen and oxygen atoms in total. The predicted octanol–water partition coefficient (Wildman–Crippen LogP) is 4.98. The van der Waals surface area contributed by atoms with Crippen LogP contribution in [0, 0.1) is 0 Å². The summed E-state index contributed by atoms with van der Waals surface area (Å²) in [5, 5.41) is 5.64. The molecular weight excluding hydrogens is 352 g/mol. The van der Waals surface area contributed by atoms with Crippen LogP contribution in [0.25, 0.3) is 0 Å². The number of anilines is 2. The molecule has 0 heterocycles. The van der Waals surface area contributed by atoms with Crippen molar-refractivity contribution in [2.45, 2.75) is 20.0 Å². The van der Waals surface area contributed by atoms with Gasteiger partial charge in [0.2, 0.25) is 0 Å². The molecule has 5 heteroatoms. The van der Waals surface area contributed by atoms with Crippen LogP contribution < -0.4 is 15.4 Å². The third kappa shape index (κ3) is 5.20. The number of hydrogen-bond acceptors (Lipinski definition) is 3. The molecule has 0 spiro atoms. The molecule has 0 fully saturated rings. The predicted molar refractivity (Wildman–Crippen MR) is 111 cm³/mol. The molecule has 3 rings (SSSR count). The fourth-order valence-corrected chi connectivity index (χ4v) is 2.62. The maximum absolute atomic E-state index is 12.5. The highest BCUT2D eigenvalue weighted by atomic mass is 16.5. The van der Waals surface area contributed by atoms with E-state index in [2.05, 4.69) is 10.6 Å². The molecule has 142 valence electrons. The Morgan fingerprint density at radius 2 is 1.25 bits per heavy atom. The molecule has 0 aliphatic heterocycles. The van der Waals surface area contributed by atoms with Gasteiger partial charge in [-0.3, -0.25) is 9.59 Å². The molecule has 0 bridgehead atoms. The third-order valence-electron chi connectivity index (χ3n) is 3.90. The van der Waals surface area contributed by atoms with E-state index in [1.807, 2.05) is 32.0 Å². The van der Waals surface area contributed by atoms with Crippen LogP contribution in [0.15, 0.2) is 78.9 Å². The van der Waals surface area contributed by atoms with E-state index in [1.165, 1.54) is 0 Å². The van der Waals surface area contributed by atoms with Gasteiger partial charge in [0.1, 0.15) is 5.75 Å². The van der Waals surface area contributed by atoms with E-state index in [0.717, 1.165) is 5.75 Å². The summed E-state index contributed by atoms with van der Waals surface area (Å²) in [4.78, 5) is 25.0. The number of para-hydroxylation sites is 1. The van der Waals surface area contributed by atoms with Gasteiger partial charge in [-0.15, -0.1) is 0 Å². The second kappa shape index (κ2) is 8.86. The Kier molecular flexibility index (Phi) is 6.07. The number of hydrogen-bond donors (Lipinski definition) is 2. The zero-order valence-corrected chi connectivity index (χ0v) is 15.8. The van der Waals surface area contributed by atoms with Crippen molar-refractivity contribution in [1.82, 2.24) is 0 Å². The number of benzene rings is 3. The Balaban J connectivity index is 1.67. The quantitative estimate of drug-likeness (QED) is 0.639. The minimum atomic E-state index is -0.285. The van der Waals surface area contributed by atoms with Gasteiger partial charge in [0, 0.05) is 22.5 Å². The molecule has 0 saturated carbocycles. The lowest BCUT2D eigenvalue weighted by Gasteiger charge is -2.11. The maximum atomic E-state index is 12.5. The van der Waals surface area contributed by atoms with Crippen LogP contribution in [0.1, 0.15) is 34.6 Å². The van der Waals surface area contributed by atoms with Gasteiger partial charge in [0.15, 0.2) is 0 Å². The first-order valence-electron chi connectivity index (χ1n) is 9.06. The number of nitrogens with one attached hydrogen (secondary N) is 2. The summed E-state index contributed by atoms with van der Waals surface area (Å²) in [6.45, 7) is 3.91. The zero-order valence-electron chi connectivity index (χ0n) is 15.8. The summed E-state index contributed by atoms with van der Waals surface area (Å²) < 4.78 is 5.59. The Labute approximate surface area is 164 Å². The Bertz CT molecular complexity index is 951. The van der Waals surface area contributed by atoms with Crippen LogP contribution in [0.2, 0.25) is 0 Å². The van der Waals surface area contributed by atoms with E-state index in [9.17, 15) is 9.59 Å². The standard InChI is InChI=1S/C23H22N2O3/c1-16(2)28-21-13-11-20(12-14-21)25-23(27)18-8-6-7-17(15-18)22(26)24-19-9-4-3-5-10-19/h3-16H,1-2H3,(H,24,26)(H,25,27). The second-order valence-corrected chi connectivity index (χ2v) is 6.55. The van der Waals surface area contributed by atoms with Gasteiger partial charge in [0.25, 0.3) is 11.8 Å². The van der Waals surface area contributed by atoms with Gasteiger partial charge in [-0.05, 0) is 68.4 Å². The summed E-state index contributed by atoms with van der Waals surface area (Å²) in [6.07, 6.45) is 0.0882. The van der Waals surface area contributed by atoms with E-state index >= 15 is 0 Å². The van der Waals surface area contributed by atoms with Crippen LogP contribution in [0.4, 0.5) is 11.4 Å². The number of carbonyl (C=O) groups excluding carboxylic acids is 2. The fraction of sp³-hybridized carbons (Fsp3) is 0.130. The highest BCUT2D eigenvalue weighted by Gasteiger charge is 2.11. The molecule has 3 aromatic carbocycles. The topological polar surface area (TPSA) is 67.4 Å². The summed E-state index contributed by atoms with van der Waals surface area (Å²) in [6, 6.07) is 23.0. The summed E-state index contributed by atoms with van der Waals surface area (Å²) in [5.41, 5.74) is 2.17. The molecule has 0 aliphatic carbocycles. The van der Waals surface area contributed by atoms with E-state index < -0.39 is 0 Å². The second-order valence-electron chi connectivity index (χ2n) is 6.55. The average Bonchev–Trinajstić information content (AvgIpc) is 2.70. The SMILES string of the molecule is CC(C)Oc1ccc(NC(=O)c2cccc(C(=O)Nc3ccccc3)c2)cc1. The van der Waals surface area contributed by atoms with Crippen molar-refractivity contribution in [2.24, 2.45) is 0 Å². The van der Waals surface area contributed by atoms with Crippen LogP contribution in [0.5, 0.6) is 5.75 Å². The lowest BCUT2D eigenvalue weighted by atomic mass is 10.1. The largest absolute Gasteiger partial charge is 0.491 e. The van der Waals surface area contributed by atoms with Crippen molar-refractivity contribution < 1.29 is 14.3 Å². The summed E-state index contributed by atoms with van der Waals surface area (Å²) in [7, 11) is 0. The Hall–Kier alpha value is -3.60. The summed E-state index contributed by atoms with van der Waals surface area (Å²) in [5.74, 6) is 0.190. The van der Waals surface area contributed by atoms with Gasteiger partial charge in [-0.1, -0.05) is 24.3 Å². The molecular formula is C23H22N2O3. The minimum absolute atomic E-state index is 0.0882. The highest BCUT2D eigenvalue weighted by molar-refractivity contribution is 6.08. The number of ether oxygens (including phenoxy) is 1. The van der Waals surface area contributed by atoms with Gasteiger partial charge in [-0.25, -0.2) is 0 Å². The number of carbonyl (C=O) groups is 2. The zero-order chi connectivity index (χ0) is 19.9. The Morgan fingerprint density at radius 3 is 1.79 bits per heavy atom. The van der Waals surface area contributed by atoms with Crippen molar-refractivity contribution in [3.8, 4) is 5.75 Å². The molecule has 0 atom stereocenters. The van der Waals surface area contributed by atoms with Crippen molar-refractivity contribution in [2.75, 3.05) is 10.6 Å². The lowest BCUT2D eigenvalue weighted by Crippen LogP contribution is -2.15. The monoisotopic (exact) mass is 374 g/mol. The lowest BCUT2D eigenvalue weighted by molar-refractivity contribution is 0.102. The molecule has 3 aromatic rings. The molecule has 0 aromatic heterocycles. The van der Waals surface area contributed by atoms with Crippen molar-refractivity contribution in [3.05, 3.63) is 90.0 Å². The van der Waals surface area contributed by atoms with E-state index in [-0.39, 0.29) is 17.9 Å². The Morgan fingerprint density at radius 1 is 0.714 bits per heavy atom. The van der Waals surface area contributed by atoms with E-state index in [4.69, 9.17) is 4.74 Å². The smallest absolute Gasteiger partial charge is 0.255 e. The fourth-order valence-electron chi connectivity index (χ4n) is 2.62. The first-order valence-corrected chi connectivity index (χ1v) is 9.06. The highest BCUT2D eigenvalue weighted by Crippen LogP contribution is 2.18. The van der Waals surface area contributed by atoms with Gasteiger partial charge in [-0.2, -0.15) is 0 Å². The van der Waals surface area contributed by atoms with Crippen molar-refractivity contribution >= 4 is 23.2 Å². The first kappa shape index (κ1) is 19.2. The van der Waals surface area contributed by atoms with Crippen molar-refractivity contribution in [1.29, 1.82) is 0 Å². The molecule has 28 heavy (non-hydrogen) atoms. The molecule has 2 amide bonds. The van der Waals surface area contributed by atoms with Crippen molar-refractivity contribution in [3.63, 3.8) is 0 Å². The average molecular weight is 374 g/mol. The molecule has 0 unspecified atom stereocenters. The van der Waals surface area contributed by atoms with E-state index in [1.54, 1.807) is 60.7 Å². The molecule has 0 aliphatic rings. The maximum Gasteiger partial charge on any atom is 0.255 e.